The maximum absolute atomic E-state index is 13.0. The van der Waals surface area contributed by atoms with Crippen molar-refractivity contribution in [1.29, 1.82) is 0 Å². The summed E-state index contributed by atoms with van der Waals surface area (Å²) in [4.78, 5) is 9.17. The van der Waals surface area contributed by atoms with Gasteiger partial charge in [-0.2, -0.15) is 0 Å². The number of thiazole rings is 1. The molecule has 0 atom stereocenters. The van der Waals surface area contributed by atoms with Crippen LogP contribution < -0.4 is 9.80 Å². The number of hydrogen-bond donors (Lipinski definition) is 0. The predicted molar refractivity (Wildman–Crippen MR) is 100 cm³/mol. The first kappa shape index (κ1) is 16.4. The maximum atomic E-state index is 13.0. The van der Waals surface area contributed by atoms with E-state index in [1.165, 1.54) is 12.1 Å². The van der Waals surface area contributed by atoms with Crippen LogP contribution in [-0.4, -0.2) is 41.4 Å². The molecule has 4 rings (SSSR count). The zero-order valence-corrected chi connectivity index (χ0v) is 15.5. The van der Waals surface area contributed by atoms with E-state index < -0.39 is 0 Å². The van der Waals surface area contributed by atoms with Crippen molar-refractivity contribution in [1.82, 2.24) is 15.2 Å². The molecule has 3 aromatic rings. The van der Waals surface area contributed by atoms with E-state index in [9.17, 15) is 4.39 Å². The Morgan fingerprint density at radius 1 is 1.00 bits per heavy atom. The summed E-state index contributed by atoms with van der Waals surface area (Å²) in [7, 11) is 0. The standard InChI is InChI=1S/C17H18FN5S2/c1-12-11-24-16(19-12)22-6-8-23(9-7-22)17-21-20-15(25-17)10-13-2-4-14(18)5-3-13/h2-5,11H,6-10H2,1H3. The second-order valence-corrected chi connectivity index (χ2v) is 7.90. The fraction of sp³-hybridized carbons (Fsp3) is 0.353. The van der Waals surface area contributed by atoms with Gasteiger partial charge in [-0.25, -0.2) is 9.37 Å². The minimum Gasteiger partial charge on any atom is -0.345 e. The Bertz CT molecular complexity index is 837. The molecule has 8 heteroatoms. The number of aryl methyl sites for hydroxylation is 1. The average molecular weight is 375 g/mol. The minimum absolute atomic E-state index is 0.213. The van der Waals surface area contributed by atoms with Crippen molar-refractivity contribution in [3.05, 3.63) is 51.7 Å². The van der Waals surface area contributed by atoms with Crippen LogP contribution in [0.15, 0.2) is 29.6 Å². The molecule has 2 aromatic heterocycles. The molecule has 1 saturated heterocycles. The number of aromatic nitrogens is 3. The molecule has 1 aliphatic rings. The van der Waals surface area contributed by atoms with Crippen LogP contribution in [0.1, 0.15) is 16.3 Å². The average Bonchev–Trinajstić information content (AvgIpc) is 3.26. The summed E-state index contributed by atoms with van der Waals surface area (Å²) >= 11 is 3.32. The minimum atomic E-state index is -0.213. The Hall–Kier alpha value is -2.06. The molecule has 25 heavy (non-hydrogen) atoms. The Labute approximate surface area is 153 Å². The highest BCUT2D eigenvalue weighted by Gasteiger charge is 2.21. The van der Waals surface area contributed by atoms with E-state index in [0.717, 1.165) is 52.7 Å². The van der Waals surface area contributed by atoms with Crippen molar-refractivity contribution in [2.24, 2.45) is 0 Å². The van der Waals surface area contributed by atoms with Gasteiger partial charge in [0.2, 0.25) is 5.13 Å². The fourth-order valence-electron chi connectivity index (χ4n) is 2.80. The normalized spacial score (nSPS) is 15.0. The van der Waals surface area contributed by atoms with Gasteiger partial charge in [-0.15, -0.1) is 21.5 Å². The number of rotatable bonds is 4. The molecule has 0 N–H and O–H groups in total. The lowest BCUT2D eigenvalue weighted by Gasteiger charge is -2.34. The van der Waals surface area contributed by atoms with Gasteiger partial charge < -0.3 is 9.80 Å². The Morgan fingerprint density at radius 3 is 2.32 bits per heavy atom. The van der Waals surface area contributed by atoms with Gasteiger partial charge in [0.15, 0.2) is 5.13 Å². The van der Waals surface area contributed by atoms with Crippen molar-refractivity contribution < 1.29 is 4.39 Å². The largest absolute Gasteiger partial charge is 0.345 e. The maximum Gasteiger partial charge on any atom is 0.208 e. The summed E-state index contributed by atoms with van der Waals surface area (Å²) in [5.74, 6) is -0.213. The molecular formula is C17H18FN5S2. The van der Waals surface area contributed by atoms with Crippen LogP contribution in [0.25, 0.3) is 0 Å². The Kier molecular flexibility index (Phi) is 4.63. The summed E-state index contributed by atoms with van der Waals surface area (Å²) in [6.45, 7) is 5.76. The number of benzene rings is 1. The van der Waals surface area contributed by atoms with Gasteiger partial charge in [0.05, 0.1) is 5.69 Å². The van der Waals surface area contributed by atoms with Crippen molar-refractivity contribution >= 4 is 32.9 Å². The third-order valence-corrected chi connectivity index (χ3v) is 6.16. The van der Waals surface area contributed by atoms with Crippen molar-refractivity contribution in [3.63, 3.8) is 0 Å². The molecule has 1 aliphatic heterocycles. The van der Waals surface area contributed by atoms with Gasteiger partial charge in [-0.1, -0.05) is 23.5 Å². The molecule has 3 heterocycles. The van der Waals surface area contributed by atoms with Crippen LogP contribution in [0, 0.1) is 12.7 Å². The third-order valence-electron chi connectivity index (χ3n) is 4.15. The SMILES string of the molecule is Cc1csc(N2CCN(c3nnc(Cc4ccc(F)cc4)s3)CC2)n1. The highest BCUT2D eigenvalue weighted by molar-refractivity contribution is 7.15. The first-order chi connectivity index (χ1) is 12.2. The van der Waals surface area contributed by atoms with Crippen molar-refractivity contribution in [2.45, 2.75) is 13.3 Å². The van der Waals surface area contributed by atoms with Gasteiger partial charge in [0.25, 0.3) is 0 Å². The summed E-state index contributed by atoms with van der Waals surface area (Å²) < 4.78 is 13.0. The lowest BCUT2D eigenvalue weighted by molar-refractivity contribution is 0.627. The van der Waals surface area contributed by atoms with E-state index in [1.54, 1.807) is 34.8 Å². The van der Waals surface area contributed by atoms with Crippen LogP contribution in [0.5, 0.6) is 0 Å². The molecule has 0 saturated carbocycles. The van der Waals surface area contributed by atoms with Crippen LogP contribution >= 0.6 is 22.7 Å². The fourth-order valence-corrected chi connectivity index (χ4v) is 4.58. The molecular weight excluding hydrogens is 357 g/mol. The molecule has 0 bridgehead atoms. The van der Waals surface area contributed by atoms with E-state index in [1.807, 2.05) is 6.92 Å². The summed E-state index contributed by atoms with van der Waals surface area (Å²) in [5, 5.41) is 13.8. The summed E-state index contributed by atoms with van der Waals surface area (Å²) in [6.07, 6.45) is 0.691. The van der Waals surface area contributed by atoms with Crippen LogP contribution in [0.4, 0.5) is 14.7 Å². The van der Waals surface area contributed by atoms with Crippen LogP contribution in [-0.2, 0) is 6.42 Å². The molecule has 1 fully saturated rings. The van der Waals surface area contributed by atoms with E-state index in [-0.39, 0.29) is 5.82 Å². The molecule has 130 valence electrons. The van der Waals surface area contributed by atoms with Gasteiger partial charge in [-0.05, 0) is 24.6 Å². The molecule has 0 radical (unpaired) electrons. The monoisotopic (exact) mass is 375 g/mol. The lowest BCUT2D eigenvalue weighted by Crippen LogP contribution is -2.46. The number of hydrogen-bond acceptors (Lipinski definition) is 7. The van der Waals surface area contributed by atoms with Crippen molar-refractivity contribution in [2.75, 3.05) is 36.0 Å². The summed E-state index contributed by atoms with van der Waals surface area (Å²) in [5.41, 5.74) is 2.13. The molecule has 5 nitrogen and oxygen atoms in total. The zero-order valence-electron chi connectivity index (χ0n) is 13.9. The second kappa shape index (κ2) is 7.05. The van der Waals surface area contributed by atoms with Crippen LogP contribution in [0.3, 0.4) is 0 Å². The first-order valence-corrected chi connectivity index (χ1v) is 9.86. The number of anilines is 2. The second-order valence-electron chi connectivity index (χ2n) is 6.03. The lowest BCUT2D eigenvalue weighted by atomic mass is 10.2. The Balaban J connectivity index is 1.37. The summed E-state index contributed by atoms with van der Waals surface area (Å²) in [6, 6.07) is 6.56. The third kappa shape index (κ3) is 3.80. The van der Waals surface area contributed by atoms with Gasteiger partial charge in [-0.3, -0.25) is 0 Å². The highest BCUT2D eigenvalue weighted by atomic mass is 32.1. The molecule has 0 unspecified atom stereocenters. The first-order valence-electron chi connectivity index (χ1n) is 8.16. The van der Waals surface area contributed by atoms with Gasteiger partial charge >= 0.3 is 0 Å². The molecule has 0 amide bonds. The zero-order chi connectivity index (χ0) is 17.2. The molecule has 1 aromatic carbocycles. The Morgan fingerprint density at radius 2 is 1.68 bits per heavy atom. The highest BCUT2D eigenvalue weighted by Crippen LogP contribution is 2.26. The van der Waals surface area contributed by atoms with E-state index in [0.29, 0.717) is 6.42 Å². The van der Waals surface area contributed by atoms with Crippen molar-refractivity contribution in [3.8, 4) is 0 Å². The predicted octanol–water partition coefficient (Wildman–Crippen LogP) is 3.36. The van der Waals surface area contributed by atoms with Crippen LogP contribution in [0.2, 0.25) is 0 Å². The van der Waals surface area contributed by atoms with Gasteiger partial charge in [0.1, 0.15) is 10.8 Å². The van der Waals surface area contributed by atoms with Gasteiger partial charge in [0, 0.05) is 38.0 Å². The van der Waals surface area contributed by atoms with E-state index in [4.69, 9.17) is 0 Å². The molecule has 0 spiro atoms. The molecule has 0 aliphatic carbocycles. The number of halogens is 1. The quantitative estimate of drug-likeness (QED) is 0.700. The van der Waals surface area contributed by atoms with E-state index in [2.05, 4.69) is 30.4 Å². The van der Waals surface area contributed by atoms with E-state index >= 15 is 0 Å². The number of nitrogens with zero attached hydrogens (tertiary/aromatic N) is 5. The number of piperazine rings is 1. The topological polar surface area (TPSA) is 45.2 Å². The smallest absolute Gasteiger partial charge is 0.208 e.